The van der Waals surface area contributed by atoms with Gasteiger partial charge in [0, 0.05) is 41.0 Å². The second-order valence-corrected chi connectivity index (χ2v) is 10.5. The summed E-state index contributed by atoms with van der Waals surface area (Å²) in [6.07, 6.45) is 4.05. The highest BCUT2D eigenvalue weighted by Gasteiger charge is 2.25. The van der Waals surface area contributed by atoms with Crippen LogP contribution in [-0.2, 0) is 17.4 Å². The van der Waals surface area contributed by atoms with Crippen LogP contribution >= 0.6 is 0 Å². The van der Waals surface area contributed by atoms with Crippen LogP contribution in [0.1, 0.15) is 12.0 Å². The molecule has 0 aliphatic carbocycles. The fourth-order valence-electron chi connectivity index (χ4n) is 4.16. The lowest BCUT2D eigenvalue weighted by Gasteiger charge is -2.18. The second kappa shape index (κ2) is 12.1. The highest BCUT2D eigenvalue weighted by molar-refractivity contribution is 7.96. The standard InChI is InChI=1S/C28H29FN2O6S/c1-34-22-15-20(16-23(35-2)25(22)36-3)37-13-6-14-38(4)26-24(32)21-7-5-12-30-27(21)31(28(26)33)17-18-8-10-19(29)11-9-18/h5,7-12,15-16H,6,13-14,17H2,1-4H3. The summed E-state index contributed by atoms with van der Waals surface area (Å²) in [5.41, 5.74) is 0.681. The molecule has 2 aromatic carbocycles. The monoisotopic (exact) mass is 540 g/mol. The van der Waals surface area contributed by atoms with Crippen molar-refractivity contribution in [3.05, 3.63) is 76.5 Å². The largest absolute Gasteiger partial charge is 0.868 e. The van der Waals surface area contributed by atoms with Crippen LogP contribution in [0.15, 0.2) is 64.4 Å². The van der Waals surface area contributed by atoms with Crippen molar-refractivity contribution in [3.63, 3.8) is 0 Å². The van der Waals surface area contributed by atoms with E-state index in [1.54, 1.807) is 42.6 Å². The van der Waals surface area contributed by atoms with Gasteiger partial charge in [-0.3, -0.25) is 9.36 Å². The lowest BCUT2D eigenvalue weighted by Crippen LogP contribution is -2.30. The number of fused-ring (bicyclic) bond motifs is 1. The Bertz CT molecular complexity index is 1450. The molecule has 10 heteroatoms. The zero-order valence-corrected chi connectivity index (χ0v) is 22.5. The van der Waals surface area contributed by atoms with Crippen LogP contribution in [0.2, 0.25) is 0 Å². The molecule has 0 N–H and O–H groups in total. The summed E-state index contributed by atoms with van der Waals surface area (Å²) >= 11 is 0. The predicted molar refractivity (Wildman–Crippen MR) is 144 cm³/mol. The molecular weight excluding hydrogens is 511 g/mol. The van der Waals surface area contributed by atoms with E-state index >= 15 is 0 Å². The molecule has 1 atom stereocenters. The Hall–Kier alpha value is -3.92. The fraction of sp³-hybridized carbons (Fsp3) is 0.286. The molecule has 0 fully saturated rings. The number of aromatic nitrogens is 2. The lowest BCUT2D eigenvalue weighted by molar-refractivity contribution is -0.270. The number of ether oxygens (including phenoxy) is 4. The van der Waals surface area contributed by atoms with Gasteiger partial charge < -0.3 is 24.1 Å². The van der Waals surface area contributed by atoms with Gasteiger partial charge >= 0.3 is 5.56 Å². The molecule has 0 saturated heterocycles. The molecule has 2 aromatic heterocycles. The van der Waals surface area contributed by atoms with Crippen LogP contribution in [0, 0.1) is 5.82 Å². The van der Waals surface area contributed by atoms with E-state index in [0.717, 1.165) is 5.56 Å². The van der Waals surface area contributed by atoms with Crippen LogP contribution in [0.5, 0.6) is 28.7 Å². The first kappa shape index (κ1) is 27.1. The third-order valence-corrected chi connectivity index (χ3v) is 7.99. The van der Waals surface area contributed by atoms with Crippen LogP contribution in [-0.4, -0.2) is 49.5 Å². The number of nitrogens with zero attached hydrogens (tertiary/aromatic N) is 2. The van der Waals surface area contributed by atoms with E-state index in [1.165, 1.54) is 38.0 Å². The highest BCUT2D eigenvalue weighted by atomic mass is 32.2. The number of halogens is 1. The number of benzene rings is 2. The third-order valence-electron chi connectivity index (χ3n) is 6.04. The maximum absolute atomic E-state index is 13.6. The minimum atomic E-state index is -0.642. The van der Waals surface area contributed by atoms with Crippen molar-refractivity contribution < 1.29 is 28.4 Å². The number of pyridine rings is 2. The van der Waals surface area contributed by atoms with Crippen molar-refractivity contribution in [1.29, 1.82) is 0 Å². The van der Waals surface area contributed by atoms with Crippen molar-refractivity contribution in [3.8, 4) is 28.7 Å². The van der Waals surface area contributed by atoms with Gasteiger partial charge in [-0.2, -0.15) is 0 Å². The molecule has 0 amide bonds. The zero-order chi connectivity index (χ0) is 27.2. The smallest absolute Gasteiger partial charge is 0.307 e. The van der Waals surface area contributed by atoms with Gasteiger partial charge in [-0.1, -0.05) is 18.2 Å². The minimum Gasteiger partial charge on any atom is -0.868 e. The first-order chi connectivity index (χ1) is 18.4. The minimum absolute atomic E-state index is 0.182. The van der Waals surface area contributed by atoms with Gasteiger partial charge in [0.15, 0.2) is 11.5 Å². The molecule has 1 unspecified atom stereocenters. The average molecular weight is 541 g/mol. The lowest BCUT2D eigenvalue weighted by atomic mass is 10.2. The first-order valence-corrected chi connectivity index (χ1v) is 13.7. The van der Waals surface area contributed by atoms with E-state index in [2.05, 4.69) is 4.98 Å². The summed E-state index contributed by atoms with van der Waals surface area (Å²) in [4.78, 5) is 18.1. The topological polar surface area (TPSA) is 94.9 Å². The number of hydrogen-bond acceptors (Lipinski definition) is 7. The Morgan fingerprint density at radius 3 is 2.34 bits per heavy atom. The number of methoxy groups -OCH3 is 3. The fourth-order valence-corrected chi connectivity index (χ4v) is 5.75. The van der Waals surface area contributed by atoms with Gasteiger partial charge in [-0.15, -0.1) is 0 Å². The third kappa shape index (κ3) is 5.65. The molecule has 4 rings (SSSR count). The van der Waals surface area contributed by atoms with Gasteiger partial charge in [-0.05, 0) is 29.5 Å². The predicted octanol–water partition coefficient (Wildman–Crippen LogP) is 3.76. The number of hydrogen-bond donors (Lipinski definition) is 0. The SMILES string of the molecule is COc1cc(OCCC[S+](C)c2c([O-])c3cccnc3n(Cc3ccc(F)cc3)c2=O)cc(OC)c1OC. The van der Waals surface area contributed by atoms with Crippen molar-refractivity contribution >= 4 is 21.9 Å². The van der Waals surface area contributed by atoms with Gasteiger partial charge in [0.1, 0.15) is 29.2 Å². The Morgan fingerprint density at radius 2 is 1.71 bits per heavy atom. The normalized spacial score (nSPS) is 11.8. The Balaban J connectivity index is 1.54. The first-order valence-electron chi connectivity index (χ1n) is 11.9. The molecule has 0 aliphatic rings. The van der Waals surface area contributed by atoms with E-state index in [0.29, 0.717) is 52.8 Å². The summed E-state index contributed by atoms with van der Waals surface area (Å²) in [6.45, 7) is 0.546. The summed E-state index contributed by atoms with van der Waals surface area (Å²) in [5.74, 6) is 1.92. The highest BCUT2D eigenvalue weighted by Crippen LogP contribution is 2.40. The summed E-state index contributed by atoms with van der Waals surface area (Å²) < 4.78 is 36.9. The van der Waals surface area contributed by atoms with Gasteiger partial charge in [0.2, 0.25) is 10.6 Å². The van der Waals surface area contributed by atoms with Crippen molar-refractivity contribution in [2.45, 2.75) is 17.9 Å². The molecule has 2 heterocycles. The van der Waals surface area contributed by atoms with E-state index in [1.807, 2.05) is 6.26 Å². The molecule has 0 spiro atoms. The second-order valence-electron chi connectivity index (χ2n) is 8.45. The Morgan fingerprint density at radius 1 is 1.03 bits per heavy atom. The van der Waals surface area contributed by atoms with Crippen molar-refractivity contribution in [2.24, 2.45) is 0 Å². The average Bonchev–Trinajstić information content (AvgIpc) is 2.93. The van der Waals surface area contributed by atoms with E-state index in [-0.39, 0.29) is 28.6 Å². The summed E-state index contributed by atoms with van der Waals surface area (Å²) in [5, 5.41) is 13.7. The van der Waals surface area contributed by atoms with E-state index in [4.69, 9.17) is 18.9 Å². The quantitative estimate of drug-likeness (QED) is 0.211. The molecule has 8 nitrogen and oxygen atoms in total. The number of rotatable bonds is 11. The summed E-state index contributed by atoms with van der Waals surface area (Å²) in [6, 6.07) is 12.7. The van der Waals surface area contributed by atoms with Crippen LogP contribution < -0.4 is 29.6 Å². The van der Waals surface area contributed by atoms with Crippen LogP contribution in [0.25, 0.3) is 11.0 Å². The van der Waals surface area contributed by atoms with E-state index < -0.39 is 10.9 Å². The molecule has 38 heavy (non-hydrogen) atoms. The summed E-state index contributed by atoms with van der Waals surface area (Å²) in [7, 11) is 3.96. The molecule has 4 aromatic rings. The van der Waals surface area contributed by atoms with E-state index in [9.17, 15) is 14.3 Å². The molecule has 200 valence electrons. The molecular formula is C28H29FN2O6S. The zero-order valence-electron chi connectivity index (χ0n) is 21.7. The van der Waals surface area contributed by atoms with Crippen LogP contribution in [0.4, 0.5) is 4.39 Å². The van der Waals surface area contributed by atoms with Crippen molar-refractivity contribution in [2.75, 3.05) is 39.9 Å². The molecule has 0 radical (unpaired) electrons. The van der Waals surface area contributed by atoms with Crippen LogP contribution in [0.3, 0.4) is 0 Å². The maximum atomic E-state index is 13.6. The van der Waals surface area contributed by atoms with Crippen molar-refractivity contribution in [1.82, 2.24) is 9.55 Å². The molecule has 0 aliphatic heterocycles. The van der Waals surface area contributed by atoms with Gasteiger partial charge in [0.25, 0.3) is 0 Å². The maximum Gasteiger partial charge on any atom is 0.307 e. The van der Waals surface area contributed by atoms with Gasteiger partial charge in [0.05, 0.1) is 34.5 Å². The van der Waals surface area contributed by atoms with Gasteiger partial charge in [-0.25, -0.2) is 9.37 Å². The Labute approximate surface area is 222 Å². The molecule has 0 saturated carbocycles. The molecule has 0 bridgehead atoms. The Kier molecular flexibility index (Phi) is 8.62.